The van der Waals surface area contributed by atoms with Crippen molar-refractivity contribution in [3.05, 3.63) is 35.6 Å². The number of aliphatic imine (C=N–C) groups is 1. The maximum Gasteiger partial charge on any atom is 0.191 e. The van der Waals surface area contributed by atoms with E-state index in [1.165, 1.54) is 49.7 Å². The van der Waals surface area contributed by atoms with Crippen LogP contribution >= 0.6 is 24.0 Å². The number of hydrogen-bond donors (Lipinski definition) is 2. The van der Waals surface area contributed by atoms with Crippen molar-refractivity contribution in [2.24, 2.45) is 4.99 Å². The molecule has 2 N–H and O–H groups in total. The van der Waals surface area contributed by atoms with E-state index in [0.717, 1.165) is 23.3 Å². The van der Waals surface area contributed by atoms with Gasteiger partial charge in [-0.05, 0) is 38.7 Å². The number of nitrogens with one attached hydrogen (secondary N) is 2. The van der Waals surface area contributed by atoms with Crippen LogP contribution in [0.25, 0.3) is 11.0 Å². The van der Waals surface area contributed by atoms with Crippen LogP contribution in [0.15, 0.2) is 33.7 Å². The van der Waals surface area contributed by atoms with Crippen LogP contribution in [0.2, 0.25) is 0 Å². The van der Waals surface area contributed by atoms with E-state index in [1.807, 2.05) is 19.2 Å². The van der Waals surface area contributed by atoms with Gasteiger partial charge in [-0.15, -0.1) is 24.0 Å². The molecule has 2 fully saturated rings. The van der Waals surface area contributed by atoms with Crippen LogP contribution in [0, 0.1) is 6.92 Å². The Morgan fingerprint density at radius 3 is 2.58 bits per heavy atom. The number of halogens is 1. The summed E-state index contributed by atoms with van der Waals surface area (Å²) in [7, 11) is 1.83. The Kier molecular flexibility index (Phi) is 6.45. The number of aryl methyl sites for hydroxylation is 1. The molecule has 2 aromatic rings. The van der Waals surface area contributed by atoms with Gasteiger partial charge in [-0.3, -0.25) is 4.99 Å². The van der Waals surface area contributed by atoms with E-state index in [1.54, 1.807) is 0 Å². The van der Waals surface area contributed by atoms with E-state index in [-0.39, 0.29) is 24.0 Å². The zero-order chi connectivity index (χ0) is 17.2. The first-order chi connectivity index (χ1) is 12.2. The van der Waals surface area contributed by atoms with Gasteiger partial charge in [-0.25, -0.2) is 0 Å². The van der Waals surface area contributed by atoms with E-state index in [2.05, 4.69) is 39.6 Å². The molecule has 142 valence electrons. The third-order valence-corrected chi connectivity index (χ3v) is 5.52. The van der Waals surface area contributed by atoms with Crippen LogP contribution in [0.3, 0.4) is 0 Å². The fourth-order valence-corrected chi connectivity index (χ4v) is 3.79. The molecule has 1 saturated heterocycles. The molecule has 0 radical (unpaired) electrons. The van der Waals surface area contributed by atoms with Crippen LogP contribution in [0.5, 0.6) is 0 Å². The normalized spacial score (nSPS) is 19.4. The molecule has 1 aliphatic carbocycles. The van der Waals surface area contributed by atoms with Crippen molar-refractivity contribution in [2.75, 3.05) is 20.1 Å². The molecule has 1 aliphatic heterocycles. The molecule has 1 aromatic heterocycles. The number of guanidine groups is 1. The number of piperidine rings is 1. The third kappa shape index (κ3) is 4.34. The molecule has 6 heteroatoms. The van der Waals surface area contributed by atoms with E-state index in [9.17, 15) is 0 Å². The van der Waals surface area contributed by atoms with Gasteiger partial charge < -0.3 is 20.0 Å². The monoisotopic (exact) mass is 468 g/mol. The molecule has 0 bridgehead atoms. The van der Waals surface area contributed by atoms with Gasteiger partial charge in [0.2, 0.25) is 0 Å². The van der Waals surface area contributed by atoms with Crippen molar-refractivity contribution in [1.82, 2.24) is 15.5 Å². The second kappa shape index (κ2) is 8.61. The van der Waals surface area contributed by atoms with Crippen molar-refractivity contribution >= 4 is 40.9 Å². The lowest BCUT2D eigenvalue weighted by Crippen LogP contribution is -2.48. The highest BCUT2D eigenvalue weighted by Crippen LogP contribution is 2.29. The molecule has 5 nitrogen and oxygen atoms in total. The van der Waals surface area contributed by atoms with Gasteiger partial charge in [0.05, 0.1) is 6.54 Å². The van der Waals surface area contributed by atoms with Crippen LogP contribution < -0.4 is 10.6 Å². The molecule has 2 heterocycles. The van der Waals surface area contributed by atoms with Gasteiger partial charge in [0.1, 0.15) is 11.3 Å². The lowest BCUT2D eigenvalue weighted by molar-refractivity contribution is 0.197. The summed E-state index contributed by atoms with van der Waals surface area (Å²) < 4.78 is 5.98. The van der Waals surface area contributed by atoms with Gasteiger partial charge in [-0.2, -0.15) is 0 Å². The fourth-order valence-electron chi connectivity index (χ4n) is 3.79. The van der Waals surface area contributed by atoms with E-state index >= 15 is 0 Å². The SMILES string of the molecule is CN=C(NCc1oc2ccccc2c1C)NC1CCN(C2CC2)CC1.I. The summed E-state index contributed by atoms with van der Waals surface area (Å²) in [6.45, 7) is 5.19. The lowest BCUT2D eigenvalue weighted by atomic mass is 10.1. The number of furan rings is 1. The first-order valence-electron chi connectivity index (χ1n) is 9.43. The molecule has 0 spiro atoms. The molecule has 1 saturated carbocycles. The lowest BCUT2D eigenvalue weighted by Gasteiger charge is -2.33. The number of hydrogen-bond acceptors (Lipinski definition) is 3. The van der Waals surface area contributed by atoms with E-state index in [4.69, 9.17) is 4.42 Å². The maximum absolute atomic E-state index is 5.98. The average molecular weight is 468 g/mol. The number of para-hydroxylation sites is 1. The first-order valence-corrected chi connectivity index (χ1v) is 9.43. The van der Waals surface area contributed by atoms with E-state index < -0.39 is 0 Å². The molecule has 4 rings (SSSR count). The van der Waals surface area contributed by atoms with Gasteiger partial charge in [0.15, 0.2) is 5.96 Å². The second-order valence-corrected chi connectivity index (χ2v) is 7.26. The number of fused-ring (bicyclic) bond motifs is 1. The Morgan fingerprint density at radius 1 is 1.19 bits per heavy atom. The van der Waals surface area contributed by atoms with Crippen molar-refractivity contribution in [3.8, 4) is 0 Å². The summed E-state index contributed by atoms with van der Waals surface area (Å²) in [6, 6.07) is 9.59. The maximum atomic E-state index is 5.98. The Morgan fingerprint density at radius 2 is 1.92 bits per heavy atom. The number of likely N-dealkylation sites (tertiary alicyclic amines) is 1. The Balaban J connectivity index is 0.00000196. The number of nitrogens with zero attached hydrogens (tertiary/aromatic N) is 2. The third-order valence-electron chi connectivity index (χ3n) is 5.52. The predicted molar refractivity (Wildman–Crippen MR) is 117 cm³/mol. The highest BCUT2D eigenvalue weighted by molar-refractivity contribution is 14.0. The summed E-state index contributed by atoms with van der Waals surface area (Å²) in [5.41, 5.74) is 2.16. The minimum Gasteiger partial charge on any atom is -0.459 e. The highest BCUT2D eigenvalue weighted by Gasteiger charge is 2.31. The molecule has 0 unspecified atom stereocenters. The van der Waals surface area contributed by atoms with Gasteiger partial charge in [-0.1, -0.05) is 18.2 Å². The molecule has 0 atom stereocenters. The van der Waals surface area contributed by atoms with Crippen LogP contribution in [-0.4, -0.2) is 43.1 Å². The smallest absolute Gasteiger partial charge is 0.191 e. The van der Waals surface area contributed by atoms with Gasteiger partial charge in [0, 0.05) is 43.2 Å². The predicted octanol–water partition coefficient (Wildman–Crippen LogP) is 3.65. The summed E-state index contributed by atoms with van der Waals surface area (Å²) >= 11 is 0. The van der Waals surface area contributed by atoms with Gasteiger partial charge in [0.25, 0.3) is 0 Å². The topological polar surface area (TPSA) is 52.8 Å². The number of benzene rings is 1. The molecular formula is C20H29IN4O. The zero-order valence-electron chi connectivity index (χ0n) is 15.6. The van der Waals surface area contributed by atoms with Crippen molar-refractivity contribution < 1.29 is 4.42 Å². The first kappa shape index (κ1) is 19.5. The van der Waals surface area contributed by atoms with Crippen LogP contribution in [-0.2, 0) is 6.54 Å². The quantitative estimate of drug-likeness (QED) is 0.409. The summed E-state index contributed by atoms with van der Waals surface area (Å²) in [5.74, 6) is 1.84. The molecule has 0 amide bonds. The van der Waals surface area contributed by atoms with Crippen LogP contribution in [0.1, 0.15) is 37.0 Å². The standard InChI is InChI=1S/C20H28N4O.HI/c1-14-17-5-3-4-6-18(17)25-19(14)13-22-20(21-2)23-15-9-11-24(12-10-15)16-7-8-16;/h3-6,15-16H,7-13H2,1-2H3,(H2,21,22,23);1H. The Labute approximate surface area is 172 Å². The highest BCUT2D eigenvalue weighted by atomic mass is 127. The van der Waals surface area contributed by atoms with Crippen molar-refractivity contribution in [1.29, 1.82) is 0 Å². The summed E-state index contributed by atoms with van der Waals surface area (Å²) in [4.78, 5) is 7.03. The van der Waals surface area contributed by atoms with Gasteiger partial charge >= 0.3 is 0 Å². The minimum absolute atomic E-state index is 0. The van der Waals surface area contributed by atoms with Crippen LogP contribution in [0.4, 0.5) is 0 Å². The summed E-state index contributed by atoms with van der Waals surface area (Å²) in [5, 5.41) is 8.18. The second-order valence-electron chi connectivity index (χ2n) is 7.26. The summed E-state index contributed by atoms with van der Waals surface area (Å²) in [6.07, 6.45) is 5.19. The number of rotatable bonds is 4. The van der Waals surface area contributed by atoms with E-state index in [0.29, 0.717) is 12.6 Å². The van der Waals surface area contributed by atoms with Crippen molar-refractivity contribution in [2.45, 2.75) is 51.2 Å². The van der Waals surface area contributed by atoms with Crippen molar-refractivity contribution in [3.63, 3.8) is 0 Å². The Hall–Kier alpha value is -1.28. The molecule has 26 heavy (non-hydrogen) atoms. The molecular weight excluding hydrogens is 439 g/mol. The zero-order valence-corrected chi connectivity index (χ0v) is 18.0. The molecule has 2 aliphatic rings. The minimum atomic E-state index is 0. The fraction of sp³-hybridized carbons (Fsp3) is 0.550. The Bertz CT molecular complexity index is 760. The average Bonchev–Trinajstić information content (AvgIpc) is 3.45. The largest absolute Gasteiger partial charge is 0.459 e. The molecule has 1 aromatic carbocycles.